The minimum atomic E-state index is -0.631. The number of amides is 3. The van der Waals surface area contributed by atoms with Crippen LogP contribution >= 0.6 is 0 Å². The molecule has 8 heteroatoms. The van der Waals surface area contributed by atoms with E-state index in [0.717, 1.165) is 22.4 Å². The van der Waals surface area contributed by atoms with Crippen LogP contribution in [0.5, 0.6) is 5.75 Å². The van der Waals surface area contributed by atoms with Crippen molar-refractivity contribution in [2.45, 2.75) is 25.4 Å². The second kappa shape index (κ2) is 7.09. The first-order chi connectivity index (χ1) is 14.9. The van der Waals surface area contributed by atoms with Gasteiger partial charge in [0, 0.05) is 42.9 Å². The van der Waals surface area contributed by atoms with Crippen molar-refractivity contribution < 1.29 is 19.5 Å². The Morgan fingerprint density at radius 3 is 2.71 bits per heavy atom. The van der Waals surface area contributed by atoms with E-state index >= 15 is 0 Å². The molecule has 156 valence electrons. The zero-order valence-electron chi connectivity index (χ0n) is 16.8. The largest absolute Gasteiger partial charge is 0.508 e. The van der Waals surface area contributed by atoms with Crippen LogP contribution in [0.2, 0.25) is 0 Å². The number of nitrogens with one attached hydrogen (secondary N) is 1. The van der Waals surface area contributed by atoms with Gasteiger partial charge in [-0.25, -0.2) is 4.98 Å². The number of rotatable bonds is 3. The molecule has 0 aliphatic carbocycles. The summed E-state index contributed by atoms with van der Waals surface area (Å²) in [6.45, 7) is 0.320. The molecule has 1 unspecified atom stereocenters. The van der Waals surface area contributed by atoms with Crippen molar-refractivity contribution >= 4 is 17.7 Å². The standard InChI is InChI=1S/C23H20N4O4/c1-26-12-18(24-21(26)14-3-2-4-16(28)10-14)13-5-6-17-15(9-13)11-27(23(17)31)19-7-8-20(29)25-22(19)30/h2-6,9-10,12,19,28H,7-8,11H2,1H3,(H,25,29,30). The summed E-state index contributed by atoms with van der Waals surface area (Å²) in [4.78, 5) is 42.8. The number of phenolic OH excluding ortho intramolecular Hbond substituents is 1. The molecule has 1 saturated heterocycles. The van der Waals surface area contributed by atoms with E-state index in [0.29, 0.717) is 24.4 Å². The predicted molar refractivity (Wildman–Crippen MR) is 112 cm³/mol. The van der Waals surface area contributed by atoms with Gasteiger partial charge in [-0.1, -0.05) is 18.2 Å². The molecular weight excluding hydrogens is 396 g/mol. The molecule has 1 fully saturated rings. The molecule has 0 bridgehead atoms. The lowest BCUT2D eigenvalue weighted by Gasteiger charge is -2.29. The number of benzene rings is 2. The fourth-order valence-electron chi connectivity index (χ4n) is 4.25. The minimum absolute atomic E-state index is 0.173. The highest BCUT2D eigenvalue weighted by molar-refractivity contribution is 6.05. The average molecular weight is 416 g/mol. The van der Waals surface area contributed by atoms with Crippen LogP contribution in [0, 0.1) is 0 Å². The van der Waals surface area contributed by atoms with Gasteiger partial charge < -0.3 is 14.6 Å². The minimum Gasteiger partial charge on any atom is -0.508 e. The molecule has 0 saturated carbocycles. The van der Waals surface area contributed by atoms with Crippen LogP contribution in [-0.4, -0.2) is 43.3 Å². The smallest absolute Gasteiger partial charge is 0.255 e. The predicted octanol–water partition coefficient (Wildman–Crippen LogP) is 2.22. The number of aromatic hydroxyl groups is 1. The monoisotopic (exact) mass is 416 g/mol. The van der Waals surface area contributed by atoms with Gasteiger partial charge in [0.15, 0.2) is 0 Å². The number of imidazole rings is 1. The van der Waals surface area contributed by atoms with Gasteiger partial charge in [-0.05, 0) is 36.2 Å². The number of aromatic nitrogens is 2. The van der Waals surface area contributed by atoms with Gasteiger partial charge in [0.05, 0.1) is 5.69 Å². The van der Waals surface area contributed by atoms with Gasteiger partial charge in [-0.3, -0.25) is 19.7 Å². The number of piperidine rings is 1. The number of imide groups is 1. The summed E-state index contributed by atoms with van der Waals surface area (Å²) < 4.78 is 1.89. The number of phenols is 1. The zero-order chi connectivity index (χ0) is 21.7. The molecule has 1 aromatic heterocycles. The summed E-state index contributed by atoms with van der Waals surface area (Å²) in [6.07, 6.45) is 2.47. The fraction of sp³-hybridized carbons (Fsp3) is 0.217. The van der Waals surface area contributed by atoms with E-state index in [2.05, 4.69) is 5.32 Å². The Balaban J connectivity index is 1.44. The first-order valence-corrected chi connectivity index (χ1v) is 10.0. The Bertz CT molecular complexity index is 1250. The molecule has 3 amide bonds. The van der Waals surface area contributed by atoms with Crippen molar-refractivity contribution in [1.82, 2.24) is 19.8 Å². The highest BCUT2D eigenvalue weighted by Crippen LogP contribution is 2.32. The van der Waals surface area contributed by atoms with Crippen LogP contribution in [0.25, 0.3) is 22.6 Å². The quantitative estimate of drug-likeness (QED) is 0.637. The summed E-state index contributed by atoms with van der Waals surface area (Å²) in [5.41, 5.74) is 3.80. The van der Waals surface area contributed by atoms with E-state index in [4.69, 9.17) is 4.98 Å². The second-order valence-corrected chi connectivity index (χ2v) is 7.88. The highest BCUT2D eigenvalue weighted by atomic mass is 16.3. The molecule has 31 heavy (non-hydrogen) atoms. The topological polar surface area (TPSA) is 105 Å². The van der Waals surface area contributed by atoms with E-state index in [9.17, 15) is 19.5 Å². The number of carbonyl (C=O) groups is 3. The lowest BCUT2D eigenvalue weighted by atomic mass is 10.0. The lowest BCUT2D eigenvalue weighted by Crippen LogP contribution is -2.52. The molecule has 2 N–H and O–H groups in total. The summed E-state index contributed by atoms with van der Waals surface area (Å²) in [5, 5.41) is 12.1. The van der Waals surface area contributed by atoms with Crippen LogP contribution in [0.15, 0.2) is 48.7 Å². The number of hydrogen-bond donors (Lipinski definition) is 2. The van der Waals surface area contributed by atoms with E-state index in [1.807, 2.05) is 36.0 Å². The zero-order valence-corrected chi connectivity index (χ0v) is 16.8. The molecule has 2 aliphatic rings. The maximum Gasteiger partial charge on any atom is 0.255 e. The van der Waals surface area contributed by atoms with Crippen molar-refractivity contribution in [2.24, 2.45) is 7.05 Å². The van der Waals surface area contributed by atoms with Crippen LogP contribution < -0.4 is 5.32 Å². The molecule has 1 atom stereocenters. The maximum absolute atomic E-state index is 12.9. The van der Waals surface area contributed by atoms with Crippen molar-refractivity contribution in [3.8, 4) is 28.4 Å². The third-order valence-corrected chi connectivity index (χ3v) is 5.80. The Morgan fingerprint density at radius 2 is 1.94 bits per heavy atom. The van der Waals surface area contributed by atoms with Crippen LogP contribution in [0.3, 0.4) is 0 Å². The van der Waals surface area contributed by atoms with E-state index in [1.54, 1.807) is 24.3 Å². The second-order valence-electron chi connectivity index (χ2n) is 7.88. The van der Waals surface area contributed by atoms with Gasteiger partial charge in [-0.2, -0.15) is 0 Å². The first kappa shape index (κ1) is 19.0. The number of fused-ring (bicyclic) bond motifs is 1. The van der Waals surface area contributed by atoms with Crippen molar-refractivity contribution in [1.29, 1.82) is 0 Å². The summed E-state index contributed by atoms with van der Waals surface area (Å²) in [5.74, 6) is -0.0275. The van der Waals surface area contributed by atoms with Crippen molar-refractivity contribution in [2.75, 3.05) is 0 Å². The number of hydrogen-bond acceptors (Lipinski definition) is 5. The molecule has 0 radical (unpaired) electrons. The average Bonchev–Trinajstić information content (AvgIpc) is 3.28. The number of nitrogens with zero attached hydrogens (tertiary/aromatic N) is 3. The summed E-state index contributed by atoms with van der Waals surface area (Å²) >= 11 is 0. The summed E-state index contributed by atoms with van der Waals surface area (Å²) in [7, 11) is 1.89. The molecular formula is C23H20N4O4. The maximum atomic E-state index is 12.9. The Labute approximate surface area is 178 Å². The van der Waals surface area contributed by atoms with Gasteiger partial charge >= 0.3 is 0 Å². The molecule has 3 aromatic rings. The van der Waals surface area contributed by atoms with E-state index in [1.165, 1.54) is 4.90 Å². The third kappa shape index (κ3) is 3.26. The van der Waals surface area contributed by atoms with Crippen molar-refractivity contribution in [3.63, 3.8) is 0 Å². The van der Waals surface area contributed by atoms with E-state index < -0.39 is 11.9 Å². The number of aryl methyl sites for hydroxylation is 1. The third-order valence-electron chi connectivity index (χ3n) is 5.80. The van der Waals surface area contributed by atoms with Crippen LogP contribution in [0.1, 0.15) is 28.8 Å². The molecule has 2 aromatic carbocycles. The van der Waals surface area contributed by atoms with Crippen LogP contribution in [-0.2, 0) is 23.2 Å². The Morgan fingerprint density at radius 1 is 1.10 bits per heavy atom. The Kier molecular flexibility index (Phi) is 4.35. The van der Waals surface area contributed by atoms with Gasteiger partial charge in [0.2, 0.25) is 11.8 Å². The van der Waals surface area contributed by atoms with Crippen molar-refractivity contribution in [3.05, 3.63) is 59.8 Å². The van der Waals surface area contributed by atoms with Gasteiger partial charge in [0.1, 0.15) is 17.6 Å². The van der Waals surface area contributed by atoms with Gasteiger partial charge in [0.25, 0.3) is 5.91 Å². The van der Waals surface area contributed by atoms with Gasteiger partial charge in [-0.15, -0.1) is 0 Å². The molecule has 3 heterocycles. The number of carbonyl (C=O) groups excluding carboxylic acids is 3. The van der Waals surface area contributed by atoms with E-state index in [-0.39, 0.29) is 24.0 Å². The summed E-state index contributed by atoms with van der Waals surface area (Å²) in [6, 6.07) is 11.8. The highest BCUT2D eigenvalue weighted by Gasteiger charge is 2.39. The SMILES string of the molecule is Cn1cc(-c2ccc3c(c2)CN(C2CCC(=O)NC2=O)C3=O)nc1-c1cccc(O)c1. The molecule has 2 aliphatic heterocycles. The normalized spacial score (nSPS) is 18.3. The fourth-order valence-corrected chi connectivity index (χ4v) is 4.25. The lowest BCUT2D eigenvalue weighted by molar-refractivity contribution is -0.136. The molecule has 5 rings (SSSR count). The van der Waals surface area contributed by atoms with Crippen LogP contribution in [0.4, 0.5) is 0 Å². The molecule has 0 spiro atoms. The first-order valence-electron chi connectivity index (χ1n) is 10.0. The molecule has 8 nitrogen and oxygen atoms in total. The Hall–Kier alpha value is -3.94.